The first kappa shape index (κ1) is 23.0. The van der Waals surface area contributed by atoms with Crippen molar-refractivity contribution >= 4 is 40.2 Å². The van der Waals surface area contributed by atoms with Crippen LogP contribution in [-0.4, -0.2) is 39.1 Å². The predicted molar refractivity (Wildman–Crippen MR) is 137 cm³/mol. The number of anilines is 2. The van der Waals surface area contributed by atoms with Gasteiger partial charge in [0.2, 0.25) is 11.8 Å². The number of carbonyl (C=O) groups is 1. The first-order valence-corrected chi connectivity index (χ1v) is 12.0. The van der Waals surface area contributed by atoms with Gasteiger partial charge in [0.15, 0.2) is 0 Å². The van der Waals surface area contributed by atoms with E-state index < -0.39 is 0 Å². The Kier molecular flexibility index (Phi) is 6.46. The monoisotopic (exact) mass is 491 g/mol. The van der Waals surface area contributed by atoms with Crippen molar-refractivity contribution < 1.29 is 14.6 Å². The van der Waals surface area contributed by atoms with Crippen LogP contribution in [0.25, 0.3) is 22.2 Å². The van der Waals surface area contributed by atoms with E-state index in [2.05, 4.69) is 20.6 Å². The molecule has 0 atom stereocenters. The summed E-state index contributed by atoms with van der Waals surface area (Å²) in [5.74, 6) is 0.805. The molecule has 1 aliphatic carbocycles. The van der Waals surface area contributed by atoms with Crippen molar-refractivity contribution in [3.63, 3.8) is 0 Å². The van der Waals surface area contributed by atoms with Gasteiger partial charge in [0, 0.05) is 35.6 Å². The van der Waals surface area contributed by atoms with Crippen LogP contribution in [0.2, 0.25) is 5.02 Å². The first-order chi connectivity index (χ1) is 17.0. The number of phenols is 1. The highest BCUT2D eigenvalue weighted by Crippen LogP contribution is 2.40. The smallest absolute Gasteiger partial charge is 0.251 e. The number of halogens is 1. The van der Waals surface area contributed by atoms with E-state index >= 15 is 0 Å². The Morgan fingerprint density at radius 1 is 1.09 bits per heavy atom. The molecule has 0 saturated heterocycles. The number of aromatic hydroxyl groups is 1. The maximum Gasteiger partial charge on any atom is 0.251 e. The molecule has 4 aromatic rings. The van der Waals surface area contributed by atoms with E-state index in [0.29, 0.717) is 28.1 Å². The van der Waals surface area contributed by atoms with E-state index in [1.165, 1.54) is 12.5 Å². The minimum absolute atomic E-state index is 0.0829. The molecular formula is C26H26ClN5O3. The second-order valence-corrected chi connectivity index (χ2v) is 9.01. The maximum atomic E-state index is 11.8. The van der Waals surface area contributed by atoms with Crippen molar-refractivity contribution in [1.29, 1.82) is 0 Å². The number of aromatic amines is 1. The lowest BCUT2D eigenvalue weighted by Crippen LogP contribution is -2.20. The molecule has 180 valence electrons. The minimum Gasteiger partial charge on any atom is -0.508 e. The average Bonchev–Trinajstić information content (AvgIpc) is 3.28. The van der Waals surface area contributed by atoms with Crippen LogP contribution in [0, 0.1) is 0 Å². The molecule has 0 radical (unpaired) electrons. The largest absolute Gasteiger partial charge is 0.508 e. The second-order valence-electron chi connectivity index (χ2n) is 8.60. The number of aromatic nitrogens is 3. The Hall–Kier alpha value is -3.78. The van der Waals surface area contributed by atoms with Crippen LogP contribution in [0.5, 0.6) is 11.6 Å². The molecule has 1 saturated carbocycles. The Morgan fingerprint density at radius 2 is 1.86 bits per heavy atom. The standard InChI is InChI=1S/C26H26ClN5O3/c1-28-24(34)15-7-9-16(10-8-15)30-26-31-23-22(25(32-26)35-18-5-3-2-4-6-18)20(14-29-23)19-12-11-17(33)13-21(19)27/h7-14,18,33H,2-6H2,1H3,(H,28,34)(H2,29,30,31,32). The molecule has 0 spiro atoms. The van der Waals surface area contributed by atoms with Crippen molar-refractivity contribution in [2.24, 2.45) is 0 Å². The summed E-state index contributed by atoms with van der Waals surface area (Å²) in [6, 6.07) is 12.0. The summed E-state index contributed by atoms with van der Waals surface area (Å²) < 4.78 is 6.44. The summed E-state index contributed by atoms with van der Waals surface area (Å²) in [5, 5.41) is 16.8. The quantitative estimate of drug-likeness (QED) is 0.271. The van der Waals surface area contributed by atoms with Crippen LogP contribution in [0.1, 0.15) is 42.5 Å². The van der Waals surface area contributed by atoms with Gasteiger partial charge in [0.1, 0.15) is 17.5 Å². The van der Waals surface area contributed by atoms with Crippen molar-refractivity contribution in [3.8, 4) is 22.8 Å². The number of hydrogen-bond donors (Lipinski definition) is 4. The third kappa shape index (κ3) is 4.88. The highest BCUT2D eigenvalue weighted by Gasteiger charge is 2.22. The number of ether oxygens (including phenoxy) is 1. The molecule has 35 heavy (non-hydrogen) atoms. The van der Waals surface area contributed by atoms with Gasteiger partial charge < -0.3 is 25.5 Å². The number of fused-ring (bicyclic) bond motifs is 1. The van der Waals surface area contributed by atoms with E-state index in [1.54, 1.807) is 43.4 Å². The number of nitrogens with zero attached hydrogens (tertiary/aromatic N) is 2. The molecule has 4 N–H and O–H groups in total. The lowest BCUT2D eigenvalue weighted by Gasteiger charge is -2.23. The zero-order valence-corrected chi connectivity index (χ0v) is 20.0. The normalized spacial score (nSPS) is 14.1. The number of amides is 1. The van der Waals surface area contributed by atoms with E-state index in [0.717, 1.165) is 47.9 Å². The van der Waals surface area contributed by atoms with E-state index in [9.17, 15) is 9.90 Å². The number of benzene rings is 2. The number of hydrogen-bond acceptors (Lipinski definition) is 6. The van der Waals surface area contributed by atoms with E-state index in [4.69, 9.17) is 21.3 Å². The van der Waals surface area contributed by atoms with Gasteiger partial charge in [-0.05, 0) is 68.1 Å². The van der Waals surface area contributed by atoms with Gasteiger partial charge in [-0.25, -0.2) is 0 Å². The Labute approximate surface area is 207 Å². The summed E-state index contributed by atoms with van der Waals surface area (Å²) >= 11 is 6.45. The van der Waals surface area contributed by atoms with Crippen LogP contribution in [0.4, 0.5) is 11.6 Å². The zero-order valence-electron chi connectivity index (χ0n) is 19.3. The van der Waals surface area contributed by atoms with E-state index in [1.807, 2.05) is 6.20 Å². The molecule has 1 aliphatic rings. The Bertz CT molecular complexity index is 1360. The summed E-state index contributed by atoms with van der Waals surface area (Å²) in [7, 11) is 1.60. The molecule has 2 aromatic carbocycles. The van der Waals surface area contributed by atoms with E-state index in [-0.39, 0.29) is 17.8 Å². The number of phenolic OH excluding ortho intramolecular Hbond substituents is 1. The number of H-pyrrole nitrogens is 1. The maximum absolute atomic E-state index is 11.8. The SMILES string of the molecule is CNC(=O)c1ccc(Nc2nc(OC3CCCCC3)c3c(-c4ccc(O)cc4Cl)c[nH]c3n2)cc1. The highest BCUT2D eigenvalue weighted by molar-refractivity contribution is 6.34. The van der Waals surface area contributed by atoms with Crippen LogP contribution < -0.4 is 15.4 Å². The molecule has 5 rings (SSSR count). The molecule has 2 aromatic heterocycles. The fraction of sp³-hybridized carbons (Fsp3) is 0.269. The van der Waals surface area contributed by atoms with Gasteiger partial charge in [-0.1, -0.05) is 18.0 Å². The van der Waals surface area contributed by atoms with Gasteiger partial charge >= 0.3 is 0 Å². The minimum atomic E-state index is -0.149. The van der Waals surface area contributed by atoms with Crippen molar-refractivity contribution in [2.75, 3.05) is 12.4 Å². The number of nitrogens with one attached hydrogen (secondary N) is 3. The molecular weight excluding hydrogens is 466 g/mol. The summed E-state index contributed by atoms with van der Waals surface area (Å²) in [5.41, 5.74) is 3.47. The van der Waals surface area contributed by atoms with Crippen LogP contribution in [0.15, 0.2) is 48.7 Å². The van der Waals surface area contributed by atoms with Gasteiger partial charge in [-0.3, -0.25) is 4.79 Å². The second kappa shape index (κ2) is 9.84. The molecule has 1 fully saturated rings. The summed E-state index contributed by atoms with van der Waals surface area (Å²) in [4.78, 5) is 24.4. The van der Waals surface area contributed by atoms with Gasteiger partial charge in [-0.15, -0.1) is 0 Å². The first-order valence-electron chi connectivity index (χ1n) is 11.7. The lowest BCUT2D eigenvalue weighted by molar-refractivity contribution is 0.0963. The fourth-order valence-corrected chi connectivity index (χ4v) is 4.67. The Morgan fingerprint density at radius 3 is 2.57 bits per heavy atom. The molecule has 2 heterocycles. The van der Waals surface area contributed by atoms with Crippen molar-refractivity contribution in [3.05, 3.63) is 59.2 Å². The third-order valence-electron chi connectivity index (χ3n) is 6.20. The summed E-state index contributed by atoms with van der Waals surface area (Å²) in [6.45, 7) is 0. The van der Waals surface area contributed by atoms with Crippen LogP contribution in [-0.2, 0) is 0 Å². The average molecular weight is 492 g/mol. The molecule has 8 nitrogen and oxygen atoms in total. The lowest BCUT2D eigenvalue weighted by atomic mass is 9.98. The molecule has 0 aliphatic heterocycles. The molecule has 9 heteroatoms. The van der Waals surface area contributed by atoms with Gasteiger partial charge in [-0.2, -0.15) is 9.97 Å². The van der Waals surface area contributed by atoms with Gasteiger partial charge in [0.25, 0.3) is 5.91 Å². The third-order valence-corrected chi connectivity index (χ3v) is 6.51. The summed E-state index contributed by atoms with van der Waals surface area (Å²) in [6.07, 6.45) is 7.35. The highest BCUT2D eigenvalue weighted by atomic mass is 35.5. The van der Waals surface area contributed by atoms with Gasteiger partial charge in [0.05, 0.1) is 10.4 Å². The van der Waals surface area contributed by atoms with Crippen molar-refractivity contribution in [2.45, 2.75) is 38.2 Å². The van der Waals surface area contributed by atoms with Crippen LogP contribution >= 0.6 is 11.6 Å². The number of rotatable bonds is 6. The predicted octanol–water partition coefficient (Wildman–Crippen LogP) is 5.80. The molecule has 0 unspecified atom stereocenters. The van der Waals surface area contributed by atoms with Crippen molar-refractivity contribution in [1.82, 2.24) is 20.3 Å². The fourth-order valence-electron chi connectivity index (χ4n) is 4.40. The zero-order chi connectivity index (χ0) is 24.4. The number of carbonyl (C=O) groups excluding carboxylic acids is 1. The molecule has 1 amide bonds. The Balaban J connectivity index is 1.54. The van der Waals surface area contributed by atoms with Crippen LogP contribution in [0.3, 0.4) is 0 Å². The molecule has 0 bridgehead atoms. The topological polar surface area (TPSA) is 112 Å².